The maximum absolute atomic E-state index is 12.1. The average molecular weight is 367 g/mol. The second-order valence-electron chi connectivity index (χ2n) is 4.61. The lowest BCUT2D eigenvalue weighted by Gasteiger charge is -2.16. The highest BCUT2D eigenvalue weighted by Crippen LogP contribution is 2.27. The molecular formula is C13H11BrN4O2S. The molecule has 1 fully saturated rings. The molecule has 1 unspecified atom stereocenters. The third kappa shape index (κ3) is 3.11. The van der Waals surface area contributed by atoms with Gasteiger partial charge < -0.3 is 10.2 Å². The molecule has 8 heteroatoms. The summed E-state index contributed by atoms with van der Waals surface area (Å²) in [6.45, 7) is 0.380. The fraction of sp³-hybridized carbons (Fsp3) is 0.231. The maximum atomic E-state index is 12.1. The molecule has 1 atom stereocenters. The Kier molecular flexibility index (Phi) is 3.98. The number of benzene rings is 1. The maximum Gasteiger partial charge on any atom is 0.231 e. The average Bonchev–Trinajstić information content (AvgIpc) is 3.09. The van der Waals surface area contributed by atoms with Gasteiger partial charge in [-0.25, -0.2) is 0 Å². The Morgan fingerprint density at radius 1 is 1.38 bits per heavy atom. The molecule has 2 heterocycles. The van der Waals surface area contributed by atoms with E-state index in [1.54, 1.807) is 10.4 Å². The number of carbonyl (C=O) groups excluding carboxylic acids is 2. The Bertz CT molecular complexity index is 659. The van der Waals surface area contributed by atoms with Crippen molar-refractivity contribution in [1.29, 1.82) is 0 Å². The highest BCUT2D eigenvalue weighted by molar-refractivity contribution is 9.10. The van der Waals surface area contributed by atoms with E-state index in [1.807, 2.05) is 24.3 Å². The molecule has 108 valence electrons. The molecule has 1 N–H and O–H groups in total. The summed E-state index contributed by atoms with van der Waals surface area (Å²) in [5.41, 5.74) is 2.35. The normalized spacial score (nSPS) is 18.0. The number of aromatic nitrogens is 2. The van der Waals surface area contributed by atoms with Crippen molar-refractivity contribution < 1.29 is 9.59 Å². The Morgan fingerprint density at radius 2 is 2.14 bits per heavy atom. The summed E-state index contributed by atoms with van der Waals surface area (Å²) in [4.78, 5) is 25.9. The zero-order valence-electron chi connectivity index (χ0n) is 10.8. The van der Waals surface area contributed by atoms with E-state index in [-0.39, 0.29) is 24.2 Å². The summed E-state index contributed by atoms with van der Waals surface area (Å²) < 4.78 is 0.948. The van der Waals surface area contributed by atoms with E-state index in [4.69, 9.17) is 0 Å². The van der Waals surface area contributed by atoms with Crippen LogP contribution in [-0.2, 0) is 9.59 Å². The molecule has 21 heavy (non-hydrogen) atoms. The Balaban J connectivity index is 1.69. The van der Waals surface area contributed by atoms with Crippen molar-refractivity contribution in [3.63, 3.8) is 0 Å². The number of halogens is 1. The first-order chi connectivity index (χ1) is 10.1. The minimum Gasteiger partial charge on any atom is -0.312 e. The quantitative estimate of drug-likeness (QED) is 0.903. The van der Waals surface area contributed by atoms with Crippen LogP contribution < -0.4 is 10.2 Å². The van der Waals surface area contributed by atoms with Gasteiger partial charge in [0.05, 0.1) is 5.92 Å². The number of carbonyl (C=O) groups is 2. The number of amides is 2. The van der Waals surface area contributed by atoms with Crippen LogP contribution in [0, 0.1) is 5.92 Å². The molecule has 1 saturated heterocycles. The summed E-state index contributed by atoms with van der Waals surface area (Å²) in [6.07, 6.45) is 0.209. The van der Waals surface area contributed by atoms with Crippen molar-refractivity contribution in [1.82, 2.24) is 10.2 Å². The van der Waals surface area contributed by atoms with Crippen LogP contribution in [0.15, 0.2) is 34.2 Å². The molecule has 2 aromatic rings. The van der Waals surface area contributed by atoms with Gasteiger partial charge in [0, 0.05) is 23.1 Å². The molecule has 1 aromatic carbocycles. The first kappa shape index (κ1) is 14.2. The minimum atomic E-state index is -0.370. The molecule has 0 aliphatic carbocycles. The van der Waals surface area contributed by atoms with Gasteiger partial charge >= 0.3 is 0 Å². The number of hydrogen-bond donors (Lipinski definition) is 1. The Labute approximate surface area is 133 Å². The molecule has 0 radical (unpaired) electrons. The molecule has 1 aromatic heterocycles. The second-order valence-corrected chi connectivity index (χ2v) is 6.36. The molecule has 0 saturated carbocycles. The van der Waals surface area contributed by atoms with Gasteiger partial charge in [-0.2, -0.15) is 0 Å². The summed E-state index contributed by atoms with van der Waals surface area (Å²) in [7, 11) is 0. The van der Waals surface area contributed by atoms with E-state index >= 15 is 0 Å². The lowest BCUT2D eigenvalue weighted by atomic mass is 10.1. The van der Waals surface area contributed by atoms with Crippen LogP contribution in [0.5, 0.6) is 0 Å². The van der Waals surface area contributed by atoms with E-state index in [9.17, 15) is 9.59 Å². The van der Waals surface area contributed by atoms with Gasteiger partial charge in [-0.15, -0.1) is 10.2 Å². The van der Waals surface area contributed by atoms with Gasteiger partial charge in [-0.1, -0.05) is 27.3 Å². The van der Waals surface area contributed by atoms with Crippen LogP contribution in [0.25, 0.3) is 0 Å². The lowest BCUT2D eigenvalue weighted by Crippen LogP contribution is -2.28. The van der Waals surface area contributed by atoms with Gasteiger partial charge in [-0.3, -0.25) is 9.59 Å². The topological polar surface area (TPSA) is 75.2 Å². The van der Waals surface area contributed by atoms with Gasteiger partial charge in [0.25, 0.3) is 0 Å². The molecule has 0 spiro atoms. The second kappa shape index (κ2) is 5.90. The summed E-state index contributed by atoms with van der Waals surface area (Å²) >= 11 is 4.61. The van der Waals surface area contributed by atoms with Crippen molar-refractivity contribution in [2.24, 2.45) is 5.92 Å². The number of nitrogens with zero attached hydrogens (tertiary/aromatic N) is 3. The largest absolute Gasteiger partial charge is 0.312 e. The highest BCUT2D eigenvalue weighted by Gasteiger charge is 2.35. The van der Waals surface area contributed by atoms with E-state index in [0.29, 0.717) is 11.7 Å². The van der Waals surface area contributed by atoms with Crippen molar-refractivity contribution in [3.8, 4) is 0 Å². The number of anilines is 2. The van der Waals surface area contributed by atoms with E-state index in [0.717, 1.165) is 10.2 Å². The van der Waals surface area contributed by atoms with Gasteiger partial charge in [0.2, 0.25) is 16.9 Å². The van der Waals surface area contributed by atoms with Crippen LogP contribution in [0.1, 0.15) is 6.42 Å². The minimum absolute atomic E-state index is 0.0465. The molecule has 3 rings (SSSR count). The van der Waals surface area contributed by atoms with Crippen molar-refractivity contribution in [3.05, 3.63) is 34.2 Å². The Morgan fingerprint density at radius 3 is 2.81 bits per heavy atom. The monoisotopic (exact) mass is 366 g/mol. The van der Waals surface area contributed by atoms with Crippen LogP contribution >= 0.6 is 27.3 Å². The first-order valence-corrected chi connectivity index (χ1v) is 7.94. The SMILES string of the molecule is O=C(Nc1nncs1)C1CC(=O)N(c2ccc(Br)cc2)C1. The van der Waals surface area contributed by atoms with E-state index in [1.165, 1.54) is 11.3 Å². The van der Waals surface area contributed by atoms with Crippen molar-refractivity contribution >= 4 is 49.9 Å². The van der Waals surface area contributed by atoms with E-state index in [2.05, 4.69) is 31.4 Å². The van der Waals surface area contributed by atoms with Crippen LogP contribution in [0.4, 0.5) is 10.8 Å². The highest BCUT2D eigenvalue weighted by atomic mass is 79.9. The zero-order valence-corrected chi connectivity index (χ0v) is 13.2. The molecular weight excluding hydrogens is 356 g/mol. The fourth-order valence-electron chi connectivity index (χ4n) is 2.19. The predicted molar refractivity (Wildman–Crippen MR) is 83.1 cm³/mol. The van der Waals surface area contributed by atoms with E-state index < -0.39 is 0 Å². The number of hydrogen-bond acceptors (Lipinski definition) is 5. The van der Waals surface area contributed by atoms with Gasteiger partial charge in [0.15, 0.2) is 0 Å². The van der Waals surface area contributed by atoms with Gasteiger partial charge in [-0.05, 0) is 24.3 Å². The molecule has 1 aliphatic heterocycles. The summed E-state index contributed by atoms with van der Waals surface area (Å²) in [5, 5.41) is 10.6. The molecule has 1 aliphatic rings. The summed E-state index contributed by atoms with van der Waals surface area (Å²) in [5.74, 6) is -0.612. The standard InChI is InChI=1S/C13H11BrN4O2S/c14-9-1-3-10(4-2-9)18-6-8(5-11(18)19)12(20)16-13-17-15-7-21-13/h1-4,7-8H,5-6H2,(H,16,17,20). The zero-order chi connectivity index (χ0) is 14.8. The summed E-state index contributed by atoms with van der Waals surface area (Å²) in [6, 6.07) is 7.45. The molecule has 2 amide bonds. The van der Waals surface area contributed by atoms with Crippen molar-refractivity contribution in [2.45, 2.75) is 6.42 Å². The van der Waals surface area contributed by atoms with Crippen LogP contribution in [0.2, 0.25) is 0 Å². The first-order valence-electron chi connectivity index (χ1n) is 6.26. The fourth-order valence-corrected chi connectivity index (χ4v) is 2.90. The predicted octanol–water partition coefficient (Wildman–Crippen LogP) is 2.29. The van der Waals surface area contributed by atoms with Crippen LogP contribution in [0.3, 0.4) is 0 Å². The smallest absolute Gasteiger partial charge is 0.231 e. The Hall–Kier alpha value is -1.80. The number of rotatable bonds is 3. The molecule has 0 bridgehead atoms. The van der Waals surface area contributed by atoms with Gasteiger partial charge in [0.1, 0.15) is 5.51 Å². The lowest BCUT2D eigenvalue weighted by molar-refractivity contribution is -0.122. The third-order valence-electron chi connectivity index (χ3n) is 3.22. The van der Waals surface area contributed by atoms with Crippen LogP contribution in [-0.4, -0.2) is 28.6 Å². The molecule has 6 nitrogen and oxygen atoms in total. The third-order valence-corrected chi connectivity index (χ3v) is 4.36. The number of nitrogens with one attached hydrogen (secondary N) is 1. The van der Waals surface area contributed by atoms with Crippen molar-refractivity contribution in [2.75, 3.05) is 16.8 Å².